The minimum Gasteiger partial charge on any atom is -0.369 e. The molecule has 2 nitrogen and oxygen atoms in total. The number of hydrogen-bond acceptors (Lipinski definition) is 1. The maximum atomic E-state index is 13.7. The lowest BCUT2D eigenvalue weighted by Gasteiger charge is -2.10. The van der Waals surface area contributed by atoms with Gasteiger partial charge in [0.1, 0.15) is 0 Å². The smallest absolute Gasteiger partial charge is 0.221 e. The molecule has 0 aromatic heterocycles. The van der Waals surface area contributed by atoms with Gasteiger partial charge in [-0.15, -0.1) is 0 Å². The largest absolute Gasteiger partial charge is 0.369 e. The lowest BCUT2D eigenvalue weighted by atomic mass is 9.97. The second kappa shape index (κ2) is 5.14. The molecule has 0 fully saturated rings. The van der Waals surface area contributed by atoms with Crippen LogP contribution in [0.3, 0.4) is 0 Å². The van der Waals surface area contributed by atoms with Gasteiger partial charge >= 0.3 is 0 Å². The SMILES string of the molecule is NC(=O)Cc1ccccc1-c1ccc(F)c(F)c1F. The first-order valence-corrected chi connectivity index (χ1v) is 5.50. The van der Waals surface area contributed by atoms with E-state index in [2.05, 4.69) is 0 Å². The fraction of sp³-hybridized carbons (Fsp3) is 0.0714. The van der Waals surface area contributed by atoms with Crippen LogP contribution in [0.5, 0.6) is 0 Å². The lowest BCUT2D eigenvalue weighted by molar-refractivity contribution is -0.117. The number of amides is 1. The molecule has 0 saturated heterocycles. The topological polar surface area (TPSA) is 43.1 Å². The Morgan fingerprint density at radius 3 is 2.32 bits per heavy atom. The van der Waals surface area contributed by atoms with Crippen LogP contribution in [-0.4, -0.2) is 5.91 Å². The van der Waals surface area contributed by atoms with Crippen LogP contribution in [0.25, 0.3) is 11.1 Å². The van der Waals surface area contributed by atoms with Crippen molar-refractivity contribution in [2.75, 3.05) is 0 Å². The highest BCUT2D eigenvalue weighted by atomic mass is 19.2. The highest BCUT2D eigenvalue weighted by molar-refractivity contribution is 5.80. The van der Waals surface area contributed by atoms with Gasteiger partial charge in [-0.25, -0.2) is 13.2 Å². The third kappa shape index (κ3) is 2.59. The molecule has 0 bridgehead atoms. The van der Waals surface area contributed by atoms with Crippen molar-refractivity contribution in [2.24, 2.45) is 5.73 Å². The number of carbonyl (C=O) groups is 1. The normalized spacial score (nSPS) is 10.5. The Bertz CT molecular complexity index is 641. The second-order valence-corrected chi connectivity index (χ2v) is 4.02. The summed E-state index contributed by atoms with van der Waals surface area (Å²) in [5, 5.41) is 0. The molecule has 0 spiro atoms. The number of carbonyl (C=O) groups excluding carboxylic acids is 1. The van der Waals surface area contributed by atoms with Crippen molar-refractivity contribution in [3.63, 3.8) is 0 Å². The summed E-state index contributed by atoms with van der Waals surface area (Å²) >= 11 is 0. The average Bonchev–Trinajstić information content (AvgIpc) is 2.37. The molecule has 0 aliphatic heterocycles. The molecule has 2 aromatic rings. The summed E-state index contributed by atoms with van der Waals surface area (Å²) in [7, 11) is 0. The Morgan fingerprint density at radius 2 is 1.63 bits per heavy atom. The Hall–Kier alpha value is -2.30. The van der Waals surface area contributed by atoms with E-state index in [4.69, 9.17) is 5.73 Å². The van der Waals surface area contributed by atoms with Crippen molar-refractivity contribution < 1.29 is 18.0 Å². The Labute approximate surface area is 107 Å². The zero-order valence-electron chi connectivity index (χ0n) is 9.79. The summed E-state index contributed by atoms with van der Waals surface area (Å²) in [6, 6.07) is 8.34. The first-order chi connectivity index (χ1) is 9.00. The summed E-state index contributed by atoms with van der Waals surface area (Å²) < 4.78 is 39.9. The van der Waals surface area contributed by atoms with E-state index in [-0.39, 0.29) is 12.0 Å². The average molecular weight is 265 g/mol. The van der Waals surface area contributed by atoms with E-state index < -0.39 is 23.4 Å². The van der Waals surface area contributed by atoms with E-state index in [0.717, 1.165) is 12.1 Å². The second-order valence-electron chi connectivity index (χ2n) is 4.02. The molecule has 1 amide bonds. The molecule has 5 heteroatoms. The Kier molecular flexibility index (Phi) is 3.55. The van der Waals surface area contributed by atoms with Crippen LogP contribution in [0.2, 0.25) is 0 Å². The molecule has 2 rings (SSSR count). The number of hydrogen-bond donors (Lipinski definition) is 1. The highest BCUT2D eigenvalue weighted by Gasteiger charge is 2.17. The van der Waals surface area contributed by atoms with E-state index >= 15 is 0 Å². The van der Waals surface area contributed by atoms with Crippen LogP contribution in [0.4, 0.5) is 13.2 Å². The molecule has 98 valence electrons. The van der Waals surface area contributed by atoms with Gasteiger partial charge in [0.2, 0.25) is 5.91 Å². The summed E-state index contributed by atoms with van der Waals surface area (Å²) in [5.41, 5.74) is 5.77. The fourth-order valence-electron chi connectivity index (χ4n) is 1.86. The van der Waals surface area contributed by atoms with E-state index in [0.29, 0.717) is 11.1 Å². The van der Waals surface area contributed by atoms with Crippen molar-refractivity contribution >= 4 is 5.91 Å². The zero-order valence-corrected chi connectivity index (χ0v) is 9.79. The fourth-order valence-corrected chi connectivity index (χ4v) is 1.86. The quantitative estimate of drug-likeness (QED) is 0.852. The van der Waals surface area contributed by atoms with Crippen LogP contribution in [-0.2, 0) is 11.2 Å². The summed E-state index contributed by atoms with van der Waals surface area (Å²) in [6.45, 7) is 0. The number of halogens is 3. The molecule has 0 heterocycles. The maximum absolute atomic E-state index is 13.7. The van der Waals surface area contributed by atoms with Crippen LogP contribution in [0.15, 0.2) is 36.4 Å². The molecule has 0 atom stereocenters. The van der Waals surface area contributed by atoms with Gasteiger partial charge in [0.25, 0.3) is 0 Å². The van der Waals surface area contributed by atoms with Gasteiger partial charge in [0, 0.05) is 5.56 Å². The summed E-state index contributed by atoms with van der Waals surface area (Å²) in [5.74, 6) is -4.66. The van der Waals surface area contributed by atoms with Gasteiger partial charge in [0.15, 0.2) is 17.5 Å². The molecule has 0 saturated carbocycles. The van der Waals surface area contributed by atoms with Crippen LogP contribution in [0, 0.1) is 17.5 Å². The van der Waals surface area contributed by atoms with Crippen molar-refractivity contribution in [1.29, 1.82) is 0 Å². The summed E-state index contributed by atoms with van der Waals surface area (Å²) in [4.78, 5) is 11.0. The predicted molar refractivity (Wildman–Crippen MR) is 64.7 cm³/mol. The third-order valence-corrected chi connectivity index (χ3v) is 2.71. The summed E-state index contributed by atoms with van der Waals surface area (Å²) in [6.07, 6.45) is -0.103. The van der Waals surface area contributed by atoms with E-state index in [1.165, 1.54) is 6.07 Å². The van der Waals surface area contributed by atoms with E-state index in [1.54, 1.807) is 18.2 Å². The van der Waals surface area contributed by atoms with Gasteiger partial charge in [-0.05, 0) is 23.3 Å². The number of benzene rings is 2. The van der Waals surface area contributed by atoms with Crippen molar-refractivity contribution in [3.8, 4) is 11.1 Å². The molecule has 2 N–H and O–H groups in total. The maximum Gasteiger partial charge on any atom is 0.221 e. The van der Waals surface area contributed by atoms with Gasteiger partial charge in [-0.1, -0.05) is 24.3 Å². The van der Waals surface area contributed by atoms with Gasteiger partial charge in [-0.2, -0.15) is 0 Å². The van der Waals surface area contributed by atoms with Crippen LogP contribution < -0.4 is 5.73 Å². The van der Waals surface area contributed by atoms with Crippen LogP contribution >= 0.6 is 0 Å². The Balaban J connectivity index is 2.59. The van der Waals surface area contributed by atoms with E-state index in [1.807, 2.05) is 0 Å². The monoisotopic (exact) mass is 265 g/mol. The number of nitrogens with two attached hydrogens (primary N) is 1. The van der Waals surface area contributed by atoms with Crippen molar-refractivity contribution in [1.82, 2.24) is 0 Å². The molecular formula is C14H10F3NO. The first-order valence-electron chi connectivity index (χ1n) is 5.50. The van der Waals surface area contributed by atoms with E-state index in [9.17, 15) is 18.0 Å². The molecule has 0 aliphatic carbocycles. The lowest BCUT2D eigenvalue weighted by Crippen LogP contribution is -2.14. The first kappa shape index (κ1) is 13.1. The molecular weight excluding hydrogens is 255 g/mol. The van der Waals surface area contributed by atoms with Crippen molar-refractivity contribution in [2.45, 2.75) is 6.42 Å². The van der Waals surface area contributed by atoms with Gasteiger partial charge in [-0.3, -0.25) is 4.79 Å². The molecule has 2 aromatic carbocycles. The minimum atomic E-state index is -1.54. The molecule has 19 heavy (non-hydrogen) atoms. The standard InChI is InChI=1S/C14H10F3NO/c15-11-6-5-10(13(16)14(11)17)9-4-2-1-3-8(9)7-12(18)19/h1-6H,7H2,(H2,18,19). The minimum absolute atomic E-state index is 0.101. The van der Waals surface area contributed by atoms with Crippen molar-refractivity contribution in [3.05, 3.63) is 59.4 Å². The van der Waals surface area contributed by atoms with Gasteiger partial charge < -0.3 is 5.73 Å². The predicted octanol–water partition coefficient (Wildman–Crippen LogP) is 2.80. The molecule has 0 unspecified atom stereocenters. The molecule has 0 aliphatic rings. The number of rotatable bonds is 3. The Morgan fingerprint density at radius 1 is 0.947 bits per heavy atom. The zero-order chi connectivity index (χ0) is 14.0. The highest BCUT2D eigenvalue weighted by Crippen LogP contribution is 2.28. The van der Waals surface area contributed by atoms with Gasteiger partial charge in [0.05, 0.1) is 6.42 Å². The van der Waals surface area contributed by atoms with Crippen LogP contribution in [0.1, 0.15) is 5.56 Å². The number of primary amides is 1. The molecule has 0 radical (unpaired) electrons. The third-order valence-electron chi connectivity index (χ3n) is 2.71.